The Morgan fingerprint density at radius 2 is 2.08 bits per heavy atom. The van der Waals surface area contributed by atoms with E-state index in [1.165, 1.54) is 7.05 Å². The van der Waals surface area contributed by atoms with Gasteiger partial charge in [0.05, 0.1) is 21.3 Å². The Kier molecular flexibility index (Phi) is 5.60. The summed E-state index contributed by atoms with van der Waals surface area (Å²) in [6.07, 6.45) is 3.73. The zero-order chi connectivity index (χ0) is 18.8. The van der Waals surface area contributed by atoms with Gasteiger partial charge in [-0.1, -0.05) is 23.2 Å². The molecule has 2 aromatic rings. The Balaban J connectivity index is 2.15. The fourth-order valence-electron chi connectivity index (χ4n) is 2.31. The SMILES string of the molecule is CNC(=O)/C(S)=C(\N)c1cnc(NC2CC2)nc1-c1ccc(Cl)cc1Cl. The van der Waals surface area contributed by atoms with Gasteiger partial charge in [-0.25, -0.2) is 9.97 Å². The summed E-state index contributed by atoms with van der Waals surface area (Å²) < 4.78 is 0. The quantitative estimate of drug-likeness (QED) is 0.448. The maximum absolute atomic E-state index is 11.9. The predicted molar refractivity (Wildman–Crippen MR) is 108 cm³/mol. The second kappa shape index (κ2) is 7.73. The highest BCUT2D eigenvalue weighted by molar-refractivity contribution is 7.85. The number of hydrogen-bond acceptors (Lipinski definition) is 6. The van der Waals surface area contributed by atoms with E-state index < -0.39 is 5.91 Å². The van der Waals surface area contributed by atoms with E-state index in [2.05, 4.69) is 33.2 Å². The fourth-order valence-corrected chi connectivity index (χ4v) is 3.04. The minimum absolute atomic E-state index is 0.0744. The van der Waals surface area contributed by atoms with Gasteiger partial charge in [-0.2, -0.15) is 0 Å². The first kappa shape index (κ1) is 18.8. The van der Waals surface area contributed by atoms with Crippen molar-refractivity contribution in [1.29, 1.82) is 0 Å². The van der Waals surface area contributed by atoms with Crippen molar-refractivity contribution < 1.29 is 4.79 Å². The van der Waals surface area contributed by atoms with Gasteiger partial charge in [0, 0.05) is 35.4 Å². The fraction of sp³-hybridized carbons (Fsp3) is 0.235. The summed E-state index contributed by atoms with van der Waals surface area (Å²) in [7, 11) is 1.50. The van der Waals surface area contributed by atoms with Crippen molar-refractivity contribution in [2.75, 3.05) is 12.4 Å². The van der Waals surface area contributed by atoms with Crippen LogP contribution in [-0.2, 0) is 4.79 Å². The Hall–Kier alpha value is -1.96. The molecule has 1 aromatic carbocycles. The third-order valence-corrected chi connectivity index (χ3v) is 4.86. The van der Waals surface area contributed by atoms with Crippen molar-refractivity contribution in [2.45, 2.75) is 18.9 Å². The maximum Gasteiger partial charge on any atom is 0.259 e. The number of thiol groups is 1. The average Bonchev–Trinajstić information content (AvgIpc) is 3.44. The van der Waals surface area contributed by atoms with E-state index in [0.717, 1.165) is 12.8 Å². The van der Waals surface area contributed by atoms with Gasteiger partial charge in [-0.3, -0.25) is 4.79 Å². The highest BCUT2D eigenvalue weighted by Gasteiger charge is 2.24. The molecule has 1 aliphatic rings. The van der Waals surface area contributed by atoms with Gasteiger partial charge < -0.3 is 16.4 Å². The summed E-state index contributed by atoms with van der Waals surface area (Å²) in [4.78, 5) is 20.8. The molecule has 0 bridgehead atoms. The highest BCUT2D eigenvalue weighted by atomic mass is 35.5. The molecule has 0 unspecified atom stereocenters. The van der Waals surface area contributed by atoms with Crippen molar-refractivity contribution in [1.82, 2.24) is 15.3 Å². The molecule has 4 N–H and O–H groups in total. The van der Waals surface area contributed by atoms with Crippen LogP contribution in [0.2, 0.25) is 10.0 Å². The van der Waals surface area contributed by atoms with Crippen LogP contribution in [0.25, 0.3) is 17.0 Å². The standard InChI is InChI=1S/C17H17Cl2N5OS/c1-21-16(25)15(26)13(20)11-7-22-17(23-9-3-4-9)24-14(11)10-5-2-8(18)6-12(10)19/h2,5-7,9,26H,3-4,20H2,1H3,(H,21,25)(H,22,23,24)/b15-13+. The monoisotopic (exact) mass is 409 g/mol. The lowest BCUT2D eigenvalue weighted by Crippen LogP contribution is -2.20. The minimum atomic E-state index is -0.404. The summed E-state index contributed by atoms with van der Waals surface area (Å²) in [5, 5.41) is 6.66. The van der Waals surface area contributed by atoms with Crippen molar-refractivity contribution >= 4 is 53.4 Å². The molecular formula is C17H17Cl2N5OS. The third kappa shape index (κ3) is 4.06. The molecule has 136 valence electrons. The number of hydrogen-bond donors (Lipinski definition) is 4. The smallest absolute Gasteiger partial charge is 0.259 e. The predicted octanol–water partition coefficient (Wildman–Crippen LogP) is 3.33. The summed E-state index contributed by atoms with van der Waals surface area (Å²) in [5.74, 6) is 0.0740. The van der Waals surface area contributed by atoms with Gasteiger partial charge in [0.2, 0.25) is 5.95 Å². The van der Waals surface area contributed by atoms with Crippen molar-refractivity contribution in [2.24, 2.45) is 5.73 Å². The van der Waals surface area contributed by atoms with E-state index in [-0.39, 0.29) is 10.6 Å². The number of amides is 1. The van der Waals surface area contributed by atoms with Crippen molar-refractivity contribution in [3.8, 4) is 11.3 Å². The summed E-state index contributed by atoms with van der Waals surface area (Å²) in [6.45, 7) is 0. The molecule has 0 spiro atoms. The molecule has 1 aromatic heterocycles. The number of nitrogens with one attached hydrogen (secondary N) is 2. The average molecular weight is 410 g/mol. The first-order valence-corrected chi connectivity index (χ1v) is 9.11. The first-order valence-electron chi connectivity index (χ1n) is 7.91. The maximum atomic E-state index is 11.9. The summed E-state index contributed by atoms with van der Waals surface area (Å²) >= 11 is 16.6. The van der Waals surface area contributed by atoms with Crippen LogP contribution in [0.1, 0.15) is 18.4 Å². The molecular weight excluding hydrogens is 393 g/mol. The molecule has 6 nitrogen and oxygen atoms in total. The number of halogens is 2. The summed E-state index contributed by atoms with van der Waals surface area (Å²) in [6, 6.07) is 5.47. The second-order valence-electron chi connectivity index (χ2n) is 5.84. The van der Waals surface area contributed by atoms with Crippen LogP contribution in [0, 0.1) is 0 Å². The number of nitrogens with two attached hydrogens (primary N) is 1. The molecule has 1 heterocycles. The van der Waals surface area contributed by atoms with Gasteiger partial charge in [-0.05, 0) is 31.0 Å². The molecule has 1 fully saturated rings. The first-order chi connectivity index (χ1) is 12.4. The second-order valence-corrected chi connectivity index (χ2v) is 7.13. The lowest BCUT2D eigenvalue weighted by atomic mass is 10.0. The Morgan fingerprint density at radius 3 is 2.69 bits per heavy atom. The lowest BCUT2D eigenvalue weighted by molar-refractivity contribution is -0.116. The van der Waals surface area contributed by atoms with Crippen molar-refractivity contribution in [3.05, 3.63) is 44.9 Å². The molecule has 1 amide bonds. The molecule has 9 heteroatoms. The molecule has 0 aliphatic heterocycles. The van der Waals surface area contributed by atoms with Gasteiger partial charge in [-0.15, -0.1) is 12.6 Å². The van der Waals surface area contributed by atoms with Crippen LogP contribution < -0.4 is 16.4 Å². The zero-order valence-electron chi connectivity index (χ0n) is 13.9. The lowest BCUT2D eigenvalue weighted by Gasteiger charge is -2.14. The Morgan fingerprint density at radius 1 is 1.35 bits per heavy atom. The van der Waals surface area contributed by atoms with Crippen LogP contribution in [0.3, 0.4) is 0 Å². The topological polar surface area (TPSA) is 92.9 Å². The van der Waals surface area contributed by atoms with Crippen molar-refractivity contribution in [3.63, 3.8) is 0 Å². The van der Waals surface area contributed by atoms with Crippen LogP contribution in [0.15, 0.2) is 29.3 Å². The number of aromatic nitrogens is 2. The number of carbonyl (C=O) groups excluding carboxylic acids is 1. The van der Waals surface area contributed by atoms with Crippen LogP contribution in [0.4, 0.5) is 5.95 Å². The highest BCUT2D eigenvalue weighted by Crippen LogP contribution is 2.35. The number of nitrogens with zero attached hydrogens (tertiary/aromatic N) is 2. The number of anilines is 1. The van der Waals surface area contributed by atoms with Gasteiger partial charge in [0.15, 0.2) is 0 Å². The van der Waals surface area contributed by atoms with Crippen LogP contribution in [-0.4, -0.2) is 29.0 Å². The Labute approximate surface area is 166 Å². The van der Waals surface area contributed by atoms with E-state index in [1.54, 1.807) is 24.4 Å². The number of benzene rings is 1. The molecule has 26 heavy (non-hydrogen) atoms. The molecule has 0 saturated heterocycles. The molecule has 0 radical (unpaired) electrons. The molecule has 0 atom stereocenters. The number of rotatable bonds is 5. The third-order valence-electron chi connectivity index (χ3n) is 3.87. The normalized spacial score (nSPS) is 14.6. The zero-order valence-corrected chi connectivity index (χ0v) is 16.3. The van der Waals surface area contributed by atoms with Gasteiger partial charge in [0.1, 0.15) is 0 Å². The number of likely N-dealkylation sites (N-methyl/N-ethyl adjacent to an activating group) is 1. The molecule has 1 aliphatic carbocycles. The van der Waals surface area contributed by atoms with E-state index in [0.29, 0.717) is 38.9 Å². The molecule has 1 saturated carbocycles. The van der Waals surface area contributed by atoms with E-state index in [9.17, 15) is 4.79 Å². The molecule has 3 rings (SSSR count). The van der Waals surface area contributed by atoms with Crippen LogP contribution in [0.5, 0.6) is 0 Å². The number of carbonyl (C=O) groups is 1. The van der Waals surface area contributed by atoms with Gasteiger partial charge in [0.25, 0.3) is 5.91 Å². The Bertz CT molecular complexity index is 899. The van der Waals surface area contributed by atoms with Crippen LogP contribution >= 0.6 is 35.8 Å². The largest absolute Gasteiger partial charge is 0.397 e. The van der Waals surface area contributed by atoms with E-state index in [4.69, 9.17) is 28.9 Å². The van der Waals surface area contributed by atoms with E-state index >= 15 is 0 Å². The van der Waals surface area contributed by atoms with Gasteiger partial charge >= 0.3 is 0 Å². The minimum Gasteiger partial charge on any atom is -0.397 e. The summed E-state index contributed by atoms with van der Waals surface area (Å²) in [5.41, 5.74) is 7.92. The van der Waals surface area contributed by atoms with E-state index in [1.807, 2.05) is 0 Å².